The highest BCUT2D eigenvalue weighted by molar-refractivity contribution is 5.97. The molecule has 25 nitrogen and oxygen atoms in total. The second-order valence-corrected chi connectivity index (χ2v) is 20.2. The van der Waals surface area contributed by atoms with E-state index in [1.54, 1.807) is 64.3 Å². The normalized spacial score (nSPS) is 18.3. The summed E-state index contributed by atoms with van der Waals surface area (Å²) in [5.41, 5.74) is 1.51. The fourth-order valence-corrected chi connectivity index (χ4v) is 7.91. The van der Waals surface area contributed by atoms with Crippen LogP contribution in [0.5, 0.6) is 11.5 Å². The number of aliphatic carboxylic acids is 1. The van der Waals surface area contributed by atoms with Crippen molar-refractivity contribution in [2.75, 3.05) is 159 Å². The number of nitrogens with one attached hydrogen (secondary N) is 1. The number of amides is 2. The van der Waals surface area contributed by atoms with Gasteiger partial charge in [0.05, 0.1) is 144 Å². The molecule has 2 aromatic rings. The number of aryl methyl sites for hydroxylation is 1. The van der Waals surface area contributed by atoms with Crippen LogP contribution < -0.4 is 14.8 Å². The number of hydrogen-bond donors (Lipinski definition) is 5. The predicted octanol–water partition coefficient (Wildman–Crippen LogP) is 2.20. The molecule has 2 aliphatic heterocycles. The van der Waals surface area contributed by atoms with Crippen LogP contribution in [0.25, 0.3) is 0 Å². The topological polar surface area (TPSA) is 303 Å². The molecule has 2 heterocycles. The van der Waals surface area contributed by atoms with Gasteiger partial charge in [0.25, 0.3) is 5.91 Å². The summed E-state index contributed by atoms with van der Waals surface area (Å²) in [4.78, 5) is 52.4. The van der Waals surface area contributed by atoms with Gasteiger partial charge in [-0.1, -0.05) is 30.8 Å². The number of methoxy groups -OCH3 is 1. The molecule has 4 rings (SSSR count). The Morgan fingerprint density at radius 1 is 0.631 bits per heavy atom. The standard InChI is InChI=1S/C59H90N2O23/c1-43-9-16-50(62)61(43)48(55(66)60-17-7-6-8-44-10-13-46(42-82-58(69)59(2,3)4)49(41-44)83-57-53(65)51(63)52(64)54(84-57)56(67)68)40-45-11-14-47(15-12-45)81-39-38-80-37-36-79-35-34-78-33-32-77-31-30-76-29-28-75-27-26-74-25-24-73-23-22-72-21-20-71-19-18-70-5/h9-16,41,48,51-54,57,63-65H,1,6-8,17-40,42H2,2-5H3,(H,60,66)(H,67,68)/t48-,51-,52-,53+,54-,57+/m0/s1. The summed E-state index contributed by atoms with van der Waals surface area (Å²) >= 11 is 0. The Morgan fingerprint density at radius 3 is 1.56 bits per heavy atom. The molecule has 84 heavy (non-hydrogen) atoms. The van der Waals surface area contributed by atoms with Gasteiger partial charge in [0, 0.05) is 37.4 Å². The van der Waals surface area contributed by atoms with Gasteiger partial charge in [-0.05, 0) is 75.4 Å². The molecule has 0 radical (unpaired) electrons. The maximum Gasteiger partial charge on any atom is 0.335 e. The Hall–Kier alpha value is -5.20. The number of carboxylic acid groups (broad SMARTS) is 1. The first-order valence-electron chi connectivity index (χ1n) is 28.4. The van der Waals surface area contributed by atoms with Crippen LogP contribution in [-0.4, -0.2) is 245 Å². The van der Waals surface area contributed by atoms with E-state index < -0.39 is 54.1 Å². The van der Waals surface area contributed by atoms with E-state index in [1.165, 1.54) is 11.0 Å². The molecule has 2 aromatic carbocycles. The molecule has 1 fully saturated rings. The first-order chi connectivity index (χ1) is 40.6. The number of carbonyl (C=O) groups excluding carboxylic acids is 3. The van der Waals surface area contributed by atoms with Crippen LogP contribution in [0.2, 0.25) is 0 Å². The average molecular weight is 1200 g/mol. The highest BCUT2D eigenvalue weighted by Crippen LogP contribution is 2.30. The number of carbonyl (C=O) groups is 4. The van der Waals surface area contributed by atoms with Gasteiger partial charge in [-0.3, -0.25) is 19.3 Å². The molecule has 0 bridgehead atoms. The number of esters is 1. The van der Waals surface area contributed by atoms with Gasteiger partial charge in [0.15, 0.2) is 6.10 Å². The van der Waals surface area contributed by atoms with Crippen LogP contribution in [0.3, 0.4) is 0 Å². The van der Waals surface area contributed by atoms with Crippen molar-refractivity contribution in [1.82, 2.24) is 10.2 Å². The number of unbranched alkanes of at least 4 members (excludes halogenated alkanes) is 1. The number of ether oxygens (including phenoxy) is 15. The molecule has 0 spiro atoms. The minimum Gasteiger partial charge on any atom is -0.491 e. The lowest BCUT2D eigenvalue weighted by Crippen LogP contribution is -2.61. The lowest BCUT2D eigenvalue weighted by atomic mass is 9.97. The van der Waals surface area contributed by atoms with Crippen LogP contribution in [0, 0.1) is 5.41 Å². The molecular weight excluding hydrogens is 1100 g/mol. The second-order valence-electron chi connectivity index (χ2n) is 20.2. The Kier molecular flexibility index (Phi) is 35.5. The molecule has 25 heteroatoms. The van der Waals surface area contributed by atoms with E-state index in [0.717, 1.165) is 11.1 Å². The second kappa shape index (κ2) is 41.8. The van der Waals surface area contributed by atoms with Crippen LogP contribution in [0.1, 0.15) is 50.3 Å². The van der Waals surface area contributed by atoms with Crippen molar-refractivity contribution in [1.29, 1.82) is 0 Å². The third-order valence-corrected chi connectivity index (χ3v) is 12.6. The van der Waals surface area contributed by atoms with Gasteiger partial charge in [0.1, 0.15) is 49.1 Å². The van der Waals surface area contributed by atoms with E-state index in [4.69, 9.17) is 71.1 Å². The Balaban J connectivity index is 1.03. The SMILES string of the molecule is C=C1C=CC(=O)N1[C@@H](Cc1ccc(OCCOCCOCCOCCOCCOCCOCCOCCOCCOCCOCCOC)cc1)C(=O)NCCCCc1ccc(COC(=O)C(C)(C)C)c(O[C@@H]2O[C@H](C(=O)O)[C@@H](O)[C@H](O)[C@H]2O)c1. The van der Waals surface area contributed by atoms with Crippen molar-refractivity contribution >= 4 is 23.8 Å². The van der Waals surface area contributed by atoms with Gasteiger partial charge in [-0.25, -0.2) is 4.79 Å². The molecule has 0 aliphatic carbocycles. The summed E-state index contributed by atoms with van der Waals surface area (Å²) in [6, 6.07) is 11.4. The zero-order chi connectivity index (χ0) is 60.8. The maximum absolute atomic E-state index is 13.8. The smallest absolute Gasteiger partial charge is 0.335 e. The number of nitrogens with zero attached hydrogens (tertiary/aromatic N) is 1. The Bertz CT molecular complexity index is 2190. The zero-order valence-corrected chi connectivity index (χ0v) is 49.2. The molecule has 0 aromatic heterocycles. The van der Waals surface area contributed by atoms with Crippen LogP contribution in [-0.2, 0) is 100 Å². The summed E-state index contributed by atoms with van der Waals surface area (Å²) in [5, 5.41) is 43.7. The van der Waals surface area contributed by atoms with Crippen molar-refractivity contribution in [2.24, 2.45) is 5.41 Å². The van der Waals surface area contributed by atoms with Gasteiger partial charge >= 0.3 is 11.9 Å². The summed E-state index contributed by atoms with van der Waals surface area (Å²) in [5.74, 6) is -2.06. The number of carboxylic acids is 1. The lowest BCUT2D eigenvalue weighted by Gasteiger charge is -2.38. The van der Waals surface area contributed by atoms with E-state index in [9.17, 15) is 39.6 Å². The van der Waals surface area contributed by atoms with E-state index in [0.29, 0.717) is 182 Å². The van der Waals surface area contributed by atoms with Gasteiger partial charge < -0.3 is 96.8 Å². The predicted molar refractivity (Wildman–Crippen MR) is 301 cm³/mol. The number of rotatable bonds is 48. The van der Waals surface area contributed by atoms with Gasteiger partial charge in [-0.15, -0.1) is 0 Å². The highest BCUT2D eigenvalue weighted by Gasteiger charge is 2.48. The first-order valence-corrected chi connectivity index (χ1v) is 28.4. The third-order valence-electron chi connectivity index (χ3n) is 12.6. The van der Waals surface area contributed by atoms with Gasteiger partial charge in [0.2, 0.25) is 12.2 Å². The van der Waals surface area contributed by atoms with E-state index >= 15 is 0 Å². The third kappa shape index (κ3) is 28.3. The zero-order valence-electron chi connectivity index (χ0n) is 49.2. The van der Waals surface area contributed by atoms with Crippen molar-refractivity contribution in [3.05, 3.63) is 83.6 Å². The number of hydrogen-bond acceptors (Lipinski definition) is 22. The average Bonchev–Trinajstić information content (AvgIpc) is 3.31. The fraction of sp³-hybridized carbons (Fsp3) is 0.661. The number of aliphatic hydroxyl groups is 3. The Morgan fingerprint density at radius 2 is 1.11 bits per heavy atom. The number of allylic oxidation sites excluding steroid dienone is 1. The number of aliphatic hydroxyl groups excluding tert-OH is 3. The minimum absolute atomic E-state index is 0.0985. The van der Waals surface area contributed by atoms with Crippen molar-refractivity contribution in [2.45, 2.75) is 89.8 Å². The molecular formula is C59H90N2O23. The van der Waals surface area contributed by atoms with Crippen molar-refractivity contribution in [3.8, 4) is 11.5 Å². The molecule has 2 aliphatic rings. The van der Waals surface area contributed by atoms with Crippen molar-refractivity contribution < 1.29 is 111 Å². The molecule has 6 atom stereocenters. The first kappa shape index (κ1) is 71.3. The highest BCUT2D eigenvalue weighted by atomic mass is 16.7. The van der Waals surface area contributed by atoms with E-state index in [1.807, 2.05) is 12.1 Å². The lowest BCUT2D eigenvalue weighted by molar-refractivity contribution is -0.271. The molecule has 1 saturated heterocycles. The Labute approximate surface area is 492 Å². The maximum atomic E-state index is 13.8. The molecule has 0 saturated carbocycles. The summed E-state index contributed by atoms with van der Waals surface area (Å²) in [7, 11) is 1.63. The monoisotopic (exact) mass is 1190 g/mol. The summed E-state index contributed by atoms with van der Waals surface area (Å²) in [6.07, 6.45) is -4.41. The van der Waals surface area contributed by atoms with Crippen molar-refractivity contribution in [3.63, 3.8) is 0 Å². The van der Waals surface area contributed by atoms with Crippen LogP contribution in [0.15, 0.2) is 66.9 Å². The summed E-state index contributed by atoms with van der Waals surface area (Å²) in [6.45, 7) is 19.3. The van der Waals surface area contributed by atoms with Crippen LogP contribution in [0.4, 0.5) is 0 Å². The van der Waals surface area contributed by atoms with E-state index in [2.05, 4.69) is 11.9 Å². The minimum atomic E-state index is -1.91. The summed E-state index contributed by atoms with van der Waals surface area (Å²) < 4.78 is 82.5. The molecule has 2 amide bonds. The molecule has 474 valence electrons. The fourth-order valence-electron chi connectivity index (χ4n) is 7.91. The largest absolute Gasteiger partial charge is 0.491 e. The van der Waals surface area contributed by atoms with Crippen LogP contribution >= 0.6 is 0 Å². The number of benzene rings is 2. The molecule has 0 unspecified atom stereocenters. The molecule has 5 N–H and O–H groups in total. The quantitative estimate of drug-likeness (QED) is 0.0469. The van der Waals surface area contributed by atoms with E-state index in [-0.39, 0.29) is 37.1 Å². The van der Waals surface area contributed by atoms with Gasteiger partial charge in [-0.2, -0.15) is 0 Å².